The largest absolute Gasteiger partial charge is 0.507 e. The topological polar surface area (TPSA) is 79.2 Å². The molecule has 0 atom stereocenters. The van der Waals surface area contributed by atoms with Crippen molar-refractivity contribution in [1.29, 1.82) is 0 Å². The predicted octanol–water partition coefficient (Wildman–Crippen LogP) is 10.8. The van der Waals surface area contributed by atoms with Crippen molar-refractivity contribution >= 4 is 0 Å². The molecule has 51 heavy (non-hydrogen) atoms. The first-order valence-corrected chi connectivity index (χ1v) is 18.3. The molecule has 0 amide bonds. The van der Waals surface area contributed by atoms with Crippen LogP contribution < -0.4 is 4.74 Å². The Bertz CT molecular complexity index is 1940. The van der Waals surface area contributed by atoms with Crippen molar-refractivity contribution in [2.45, 2.75) is 137 Å². The molecule has 0 aromatic heterocycles. The van der Waals surface area contributed by atoms with Crippen molar-refractivity contribution in [1.82, 2.24) is 0 Å². The van der Waals surface area contributed by atoms with Crippen molar-refractivity contribution in [3.05, 3.63) is 115 Å². The van der Waals surface area contributed by atoms with Crippen LogP contribution in [0, 0.1) is 0 Å². The van der Waals surface area contributed by atoms with Gasteiger partial charge in [0.05, 0.1) is 20.3 Å². The van der Waals surface area contributed by atoms with Crippen LogP contribution in [0.1, 0.15) is 150 Å². The van der Waals surface area contributed by atoms with Gasteiger partial charge in [0, 0.05) is 30.4 Å². The molecule has 1 aliphatic rings. The quantitative estimate of drug-likeness (QED) is 0.185. The summed E-state index contributed by atoms with van der Waals surface area (Å²) in [6, 6.07) is 16.9. The van der Waals surface area contributed by atoms with Gasteiger partial charge in [-0.3, -0.25) is 0 Å². The number of fused-ring (bicyclic) bond motifs is 8. The van der Waals surface area contributed by atoms with Gasteiger partial charge >= 0.3 is 0 Å². The maximum absolute atomic E-state index is 12.1. The van der Waals surface area contributed by atoms with Gasteiger partial charge in [0.2, 0.25) is 0 Å². The summed E-state index contributed by atoms with van der Waals surface area (Å²) in [7, 11) is 1.70. The minimum absolute atomic E-state index is 0.158. The van der Waals surface area contributed by atoms with Crippen molar-refractivity contribution in [2.24, 2.45) is 0 Å². The number of phenols is 3. The first-order valence-electron chi connectivity index (χ1n) is 18.3. The Morgan fingerprint density at radius 1 is 0.412 bits per heavy atom. The lowest BCUT2D eigenvalue weighted by Crippen LogP contribution is -2.15. The zero-order valence-electron chi connectivity index (χ0n) is 33.3. The second kappa shape index (κ2) is 13.5. The molecule has 274 valence electrons. The molecule has 0 radical (unpaired) electrons. The van der Waals surface area contributed by atoms with Crippen LogP contribution in [-0.4, -0.2) is 22.4 Å². The average molecular weight is 693 g/mol. The highest BCUT2D eigenvalue weighted by atomic mass is 16.5. The molecule has 3 N–H and O–H groups in total. The highest BCUT2D eigenvalue weighted by Gasteiger charge is 2.27. The highest BCUT2D eigenvalue weighted by Crippen LogP contribution is 2.42. The first-order chi connectivity index (χ1) is 23.5. The fourth-order valence-electron chi connectivity index (χ4n) is 6.94. The Labute approximate surface area is 306 Å². The summed E-state index contributed by atoms with van der Waals surface area (Å²) in [4.78, 5) is 0. The molecule has 5 nitrogen and oxygen atoms in total. The Balaban J connectivity index is 1.85. The van der Waals surface area contributed by atoms with Crippen LogP contribution in [0.5, 0.6) is 23.0 Å². The zero-order chi connectivity index (χ0) is 37.8. The third kappa shape index (κ3) is 8.25. The van der Waals surface area contributed by atoms with Crippen LogP contribution in [0.4, 0.5) is 0 Å². The number of benzene rings is 4. The molecular formula is C46H60O5. The van der Waals surface area contributed by atoms with Gasteiger partial charge in [0.15, 0.2) is 0 Å². The van der Waals surface area contributed by atoms with Crippen LogP contribution in [0.3, 0.4) is 0 Å². The van der Waals surface area contributed by atoms with Gasteiger partial charge in [-0.15, -0.1) is 0 Å². The summed E-state index contributed by atoms with van der Waals surface area (Å²) in [5, 5.41) is 35.7. The van der Waals surface area contributed by atoms with Crippen LogP contribution in [0.2, 0.25) is 0 Å². The van der Waals surface area contributed by atoms with E-state index in [1.54, 1.807) is 7.11 Å². The third-order valence-electron chi connectivity index (χ3n) is 10.4. The molecular weight excluding hydrogens is 633 g/mol. The zero-order valence-corrected chi connectivity index (χ0v) is 33.3. The van der Waals surface area contributed by atoms with Crippen molar-refractivity contribution < 1.29 is 24.8 Å². The molecule has 0 saturated heterocycles. The monoisotopic (exact) mass is 692 g/mol. The van der Waals surface area contributed by atoms with E-state index in [0.717, 1.165) is 61.4 Å². The molecule has 5 rings (SSSR count). The summed E-state index contributed by atoms with van der Waals surface area (Å²) in [6.07, 6.45) is 1.27. The molecule has 4 aromatic rings. The lowest BCUT2D eigenvalue weighted by atomic mass is 9.80. The molecule has 5 heteroatoms. The average Bonchev–Trinajstić information content (AvgIpc) is 2.99. The molecule has 1 heterocycles. The number of phenolic OH excluding ortho intramolecular Hbond substituents is 3. The number of rotatable bonds is 1. The molecule has 0 spiro atoms. The summed E-state index contributed by atoms with van der Waals surface area (Å²) < 4.78 is 12.6. The Kier molecular flexibility index (Phi) is 10.2. The van der Waals surface area contributed by atoms with E-state index in [1.165, 1.54) is 0 Å². The van der Waals surface area contributed by atoms with Gasteiger partial charge in [-0.2, -0.15) is 0 Å². The van der Waals surface area contributed by atoms with Crippen molar-refractivity contribution in [3.8, 4) is 23.0 Å². The molecule has 0 unspecified atom stereocenters. The second-order valence-electron chi connectivity index (χ2n) is 18.8. The van der Waals surface area contributed by atoms with Gasteiger partial charge in [0.25, 0.3) is 0 Å². The summed E-state index contributed by atoms with van der Waals surface area (Å²) >= 11 is 0. The van der Waals surface area contributed by atoms with Crippen molar-refractivity contribution in [2.75, 3.05) is 7.11 Å². The van der Waals surface area contributed by atoms with Crippen LogP contribution >= 0.6 is 0 Å². The standard InChI is InChI=1S/C46H60O5/c1-43(2,3)35-17-27-14-28-18-36(44(4,5)6)23-33(40(28)48)25-51-26-34-24-37(45(7,8)9)20-30(41(34)49)16-32-22-38(46(10,11)12)21-31(42(32)50-13)15-29(19-35)39(27)47/h17-24,47-49H,14-16,25-26H2,1-13H3. The summed E-state index contributed by atoms with van der Waals surface area (Å²) in [5.41, 5.74) is 10.2. The molecule has 0 aliphatic carbocycles. The fraction of sp³-hybridized carbons (Fsp3) is 0.478. The summed E-state index contributed by atoms with van der Waals surface area (Å²) in [6.45, 7) is 26.5. The van der Waals surface area contributed by atoms with Crippen LogP contribution in [-0.2, 0) is 58.9 Å². The van der Waals surface area contributed by atoms with Crippen molar-refractivity contribution in [3.63, 3.8) is 0 Å². The molecule has 0 saturated carbocycles. The van der Waals surface area contributed by atoms with Gasteiger partial charge < -0.3 is 24.8 Å². The third-order valence-corrected chi connectivity index (χ3v) is 10.4. The number of methoxy groups -OCH3 is 1. The number of hydrogen-bond donors (Lipinski definition) is 3. The maximum atomic E-state index is 12.1. The van der Waals surface area contributed by atoms with E-state index in [2.05, 4.69) is 119 Å². The van der Waals surface area contributed by atoms with E-state index < -0.39 is 0 Å². The molecule has 8 bridgehead atoms. The molecule has 0 fully saturated rings. The minimum atomic E-state index is -0.185. The lowest BCUT2D eigenvalue weighted by molar-refractivity contribution is 0.103. The van der Waals surface area contributed by atoms with Gasteiger partial charge in [-0.25, -0.2) is 0 Å². The lowest BCUT2D eigenvalue weighted by Gasteiger charge is -2.27. The smallest absolute Gasteiger partial charge is 0.125 e. The minimum Gasteiger partial charge on any atom is -0.507 e. The fourth-order valence-corrected chi connectivity index (χ4v) is 6.94. The van der Waals surface area contributed by atoms with E-state index in [0.29, 0.717) is 30.4 Å². The SMILES string of the molecule is COc1c2cc(C(C)(C)C)cc1Cc1cc(C(C)(C)C)cc(c1O)Cc1cc(C(C)(C)C)cc(c1O)COCc1cc(C(C)(C)C)cc(c1O)C2. The number of aromatic hydroxyl groups is 3. The number of ether oxygens (including phenoxy) is 2. The van der Waals surface area contributed by atoms with Gasteiger partial charge in [-0.1, -0.05) is 119 Å². The van der Waals surface area contributed by atoms with E-state index in [-0.39, 0.29) is 52.1 Å². The second-order valence-corrected chi connectivity index (χ2v) is 18.8. The normalized spacial score (nSPS) is 14.5. The Morgan fingerprint density at radius 2 is 0.647 bits per heavy atom. The highest BCUT2D eigenvalue weighted by molar-refractivity contribution is 5.57. The Hall–Kier alpha value is -3.96. The maximum Gasteiger partial charge on any atom is 0.125 e. The molecule has 4 aromatic carbocycles. The Morgan fingerprint density at radius 3 is 0.922 bits per heavy atom. The van der Waals surface area contributed by atoms with Crippen LogP contribution in [0.25, 0.3) is 0 Å². The summed E-state index contributed by atoms with van der Waals surface area (Å²) in [5.74, 6) is 1.36. The first kappa shape index (κ1) is 38.3. The molecule has 1 aliphatic heterocycles. The van der Waals surface area contributed by atoms with E-state index >= 15 is 0 Å². The van der Waals surface area contributed by atoms with E-state index in [9.17, 15) is 15.3 Å². The van der Waals surface area contributed by atoms with Crippen LogP contribution in [0.15, 0.2) is 48.5 Å². The van der Waals surface area contributed by atoms with Gasteiger partial charge in [0.1, 0.15) is 23.0 Å². The predicted molar refractivity (Wildman–Crippen MR) is 209 cm³/mol. The van der Waals surface area contributed by atoms with E-state index in [4.69, 9.17) is 9.47 Å². The van der Waals surface area contributed by atoms with E-state index in [1.807, 2.05) is 12.1 Å². The number of hydrogen-bond acceptors (Lipinski definition) is 5. The van der Waals surface area contributed by atoms with Gasteiger partial charge in [-0.05, 0) is 89.4 Å².